The Bertz CT molecular complexity index is 412. The number of benzene rings is 1. The van der Waals surface area contributed by atoms with Crippen molar-refractivity contribution >= 4 is 17.5 Å². The van der Waals surface area contributed by atoms with Gasteiger partial charge in [-0.3, -0.25) is 9.69 Å². The fourth-order valence-electron chi connectivity index (χ4n) is 1.83. The zero-order valence-corrected chi connectivity index (χ0v) is 12.2. The lowest BCUT2D eigenvalue weighted by Crippen LogP contribution is -2.39. The maximum atomic E-state index is 11.5. The van der Waals surface area contributed by atoms with E-state index in [2.05, 4.69) is 5.32 Å². The van der Waals surface area contributed by atoms with Gasteiger partial charge in [0.15, 0.2) is 0 Å². The van der Waals surface area contributed by atoms with Crippen molar-refractivity contribution in [2.75, 3.05) is 26.2 Å². The third-order valence-corrected chi connectivity index (χ3v) is 3.09. The quantitative estimate of drug-likeness (QED) is 0.803. The molecule has 1 amide bonds. The summed E-state index contributed by atoms with van der Waals surface area (Å²) in [6, 6.07) is 7.15. The zero-order valence-electron chi connectivity index (χ0n) is 11.4. The van der Waals surface area contributed by atoms with Crippen LogP contribution in [-0.2, 0) is 4.79 Å². The number of rotatable bonds is 7. The van der Waals surface area contributed by atoms with Gasteiger partial charge in [0.25, 0.3) is 0 Å². The van der Waals surface area contributed by atoms with Crippen LogP contribution in [0.3, 0.4) is 0 Å². The van der Waals surface area contributed by atoms with Crippen LogP contribution >= 0.6 is 11.6 Å². The van der Waals surface area contributed by atoms with Crippen molar-refractivity contribution in [1.82, 2.24) is 10.2 Å². The number of hydrogen-bond acceptors (Lipinski definition) is 3. The van der Waals surface area contributed by atoms with Gasteiger partial charge in [-0.05, 0) is 31.2 Å². The molecular formula is C14H21ClN2O2. The molecular weight excluding hydrogens is 264 g/mol. The summed E-state index contributed by atoms with van der Waals surface area (Å²) in [5, 5.41) is 13.5. The number of nitrogens with one attached hydrogen (secondary N) is 1. The third kappa shape index (κ3) is 5.59. The molecule has 0 fully saturated rings. The second-order valence-corrected chi connectivity index (χ2v) is 4.79. The van der Waals surface area contributed by atoms with E-state index < -0.39 is 6.10 Å². The van der Waals surface area contributed by atoms with E-state index in [1.807, 2.05) is 24.8 Å². The highest BCUT2D eigenvalue weighted by Gasteiger charge is 2.15. The van der Waals surface area contributed by atoms with Gasteiger partial charge >= 0.3 is 0 Å². The van der Waals surface area contributed by atoms with E-state index in [-0.39, 0.29) is 5.91 Å². The van der Waals surface area contributed by atoms with E-state index in [0.29, 0.717) is 31.2 Å². The summed E-state index contributed by atoms with van der Waals surface area (Å²) in [7, 11) is 0. The van der Waals surface area contributed by atoms with Gasteiger partial charge < -0.3 is 10.4 Å². The van der Waals surface area contributed by atoms with Crippen LogP contribution in [0.15, 0.2) is 24.3 Å². The number of likely N-dealkylation sites (N-methyl/N-ethyl adjacent to an activating group) is 2. The molecule has 106 valence electrons. The molecule has 1 aromatic rings. The number of nitrogens with zero attached hydrogens (tertiary/aromatic N) is 1. The van der Waals surface area contributed by atoms with Gasteiger partial charge in [-0.2, -0.15) is 0 Å². The Kier molecular flexibility index (Phi) is 6.84. The summed E-state index contributed by atoms with van der Waals surface area (Å²) >= 11 is 5.90. The minimum atomic E-state index is -0.645. The molecule has 0 aliphatic heterocycles. The normalized spacial score (nSPS) is 12.5. The molecule has 0 saturated carbocycles. The van der Waals surface area contributed by atoms with Crippen LogP contribution in [0, 0.1) is 0 Å². The Balaban J connectivity index is 2.57. The standard InChI is InChI=1S/C14H21ClN2O2/c1-3-16-14(19)10-17(4-2)9-13(18)11-6-5-7-12(15)8-11/h5-8,13,18H,3-4,9-10H2,1-2H3,(H,16,19). The van der Waals surface area contributed by atoms with E-state index in [0.717, 1.165) is 5.56 Å². The molecule has 0 radical (unpaired) electrons. The van der Waals surface area contributed by atoms with Crippen molar-refractivity contribution in [3.63, 3.8) is 0 Å². The Morgan fingerprint density at radius 3 is 2.79 bits per heavy atom. The summed E-state index contributed by atoms with van der Waals surface area (Å²) in [6.45, 7) is 5.87. The van der Waals surface area contributed by atoms with E-state index in [1.54, 1.807) is 18.2 Å². The number of halogens is 1. The minimum absolute atomic E-state index is 0.0253. The number of carbonyl (C=O) groups is 1. The summed E-state index contributed by atoms with van der Waals surface area (Å²) < 4.78 is 0. The summed E-state index contributed by atoms with van der Waals surface area (Å²) in [5.41, 5.74) is 0.766. The molecule has 0 aliphatic carbocycles. The van der Waals surface area contributed by atoms with Crippen LogP contribution in [0.4, 0.5) is 0 Å². The van der Waals surface area contributed by atoms with Crippen molar-refractivity contribution < 1.29 is 9.90 Å². The molecule has 1 aromatic carbocycles. The van der Waals surface area contributed by atoms with Gasteiger partial charge in [0.1, 0.15) is 0 Å². The maximum Gasteiger partial charge on any atom is 0.234 e. The first-order valence-electron chi connectivity index (χ1n) is 6.49. The fourth-order valence-corrected chi connectivity index (χ4v) is 2.02. The average Bonchev–Trinajstić information content (AvgIpc) is 2.38. The molecule has 1 rings (SSSR count). The van der Waals surface area contributed by atoms with E-state index in [4.69, 9.17) is 11.6 Å². The van der Waals surface area contributed by atoms with Crippen molar-refractivity contribution in [2.24, 2.45) is 0 Å². The Morgan fingerprint density at radius 1 is 1.47 bits per heavy atom. The van der Waals surface area contributed by atoms with E-state index in [9.17, 15) is 9.90 Å². The van der Waals surface area contributed by atoms with Gasteiger partial charge in [-0.15, -0.1) is 0 Å². The molecule has 0 heterocycles. The molecule has 1 atom stereocenters. The molecule has 2 N–H and O–H groups in total. The van der Waals surface area contributed by atoms with E-state index >= 15 is 0 Å². The lowest BCUT2D eigenvalue weighted by molar-refractivity contribution is -0.122. The summed E-state index contributed by atoms with van der Waals surface area (Å²) in [6.07, 6.45) is -0.645. The third-order valence-electron chi connectivity index (χ3n) is 2.85. The number of amides is 1. The van der Waals surface area contributed by atoms with Gasteiger partial charge in [0.2, 0.25) is 5.91 Å². The largest absolute Gasteiger partial charge is 0.387 e. The fraction of sp³-hybridized carbons (Fsp3) is 0.500. The van der Waals surface area contributed by atoms with Crippen molar-refractivity contribution in [3.8, 4) is 0 Å². The predicted molar refractivity (Wildman–Crippen MR) is 77.2 cm³/mol. The number of aliphatic hydroxyl groups is 1. The number of aliphatic hydroxyl groups excluding tert-OH is 1. The molecule has 19 heavy (non-hydrogen) atoms. The van der Waals surface area contributed by atoms with Crippen LogP contribution in [-0.4, -0.2) is 42.1 Å². The Labute approximate surface area is 119 Å². The van der Waals surface area contributed by atoms with Crippen molar-refractivity contribution in [3.05, 3.63) is 34.9 Å². The van der Waals surface area contributed by atoms with Gasteiger partial charge in [-0.25, -0.2) is 0 Å². The topological polar surface area (TPSA) is 52.6 Å². The molecule has 4 nitrogen and oxygen atoms in total. The molecule has 0 aliphatic rings. The van der Waals surface area contributed by atoms with Gasteiger partial charge in [0, 0.05) is 18.1 Å². The van der Waals surface area contributed by atoms with Crippen LogP contribution in [0.2, 0.25) is 5.02 Å². The first-order chi connectivity index (χ1) is 9.06. The highest BCUT2D eigenvalue weighted by Crippen LogP contribution is 2.18. The molecule has 0 aromatic heterocycles. The first kappa shape index (κ1) is 16.0. The second kappa shape index (κ2) is 8.15. The van der Waals surface area contributed by atoms with Gasteiger partial charge in [-0.1, -0.05) is 30.7 Å². The lowest BCUT2D eigenvalue weighted by Gasteiger charge is -2.23. The molecule has 0 spiro atoms. The first-order valence-corrected chi connectivity index (χ1v) is 6.87. The second-order valence-electron chi connectivity index (χ2n) is 4.35. The summed E-state index contributed by atoms with van der Waals surface area (Å²) in [4.78, 5) is 13.4. The van der Waals surface area contributed by atoms with E-state index in [1.165, 1.54) is 0 Å². The predicted octanol–water partition coefficient (Wildman–Crippen LogP) is 1.83. The summed E-state index contributed by atoms with van der Waals surface area (Å²) in [5.74, 6) is -0.0253. The SMILES string of the molecule is CCNC(=O)CN(CC)CC(O)c1cccc(Cl)c1. The molecule has 5 heteroatoms. The highest BCUT2D eigenvalue weighted by molar-refractivity contribution is 6.30. The molecule has 1 unspecified atom stereocenters. The van der Waals surface area contributed by atoms with Gasteiger partial charge in [0.05, 0.1) is 12.6 Å². The van der Waals surface area contributed by atoms with Crippen molar-refractivity contribution in [1.29, 1.82) is 0 Å². The lowest BCUT2D eigenvalue weighted by atomic mass is 10.1. The van der Waals surface area contributed by atoms with Crippen molar-refractivity contribution in [2.45, 2.75) is 20.0 Å². The maximum absolute atomic E-state index is 11.5. The van der Waals surface area contributed by atoms with Crippen LogP contribution in [0.1, 0.15) is 25.5 Å². The monoisotopic (exact) mass is 284 g/mol. The highest BCUT2D eigenvalue weighted by atomic mass is 35.5. The Hall–Kier alpha value is -1.10. The minimum Gasteiger partial charge on any atom is -0.387 e. The van der Waals surface area contributed by atoms with Crippen LogP contribution in [0.25, 0.3) is 0 Å². The average molecular weight is 285 g/mol. The molecule has 0 saturated heterocycles. The number of hydrogen-bond donors (Lipinski definition) is 2. The Morgan fingerprint density at radius 2 is 2.21 bits per heavy atom. The number of carbonyl (C=O) groups excluding carboxylic acids is 1. The van der Waals surface area contributed by atoms with Crippen LogP contribution in [0.5, 0.6) is 0 Å². The van der Waals surface area contributed by atoms with Crippen LogP contribution < -0.4 is 5.32 Å². The smallest absolute Gasteiger partial charge is 0.234 e. The zero-order chi connectivity index (χ0) is 14.3. The molecule has 0 bridgehead atoms.